The first-order valence-corrected chi connectivity index (χ1v) is 8.49. The van der Waals surface area contributed by atoms with Crippen molar-refractivity contribution in [1.82, 2.24) is 5.43 Å². The van der Waals surface area contributed by atoms with Crippen LogP contribution in [0.15, 0.2) is 35.7 Å². The molecule has 2 aromatic rings. The standard InChI is InChI=1S/C17H22N2OS/c18-19-16(10-2-7-14-8-4-12-21-14)15-9-1-5-13-6-3-11-20-17(13)15/h1,4-5,8-9,12,16,19H,2-3,6-7,10-11,18H2. The number of aryl methyl sites for hydroxylation is 2. The van der Waals surface area contributed by atoms with Crippen LogP contribution in [-0.2, 0) is 12.8 Å². The molecule has 0 amide bonds. The fourth-order valence-corrected chi connectivity index (χ4v) is 3.70. The van der Waals surface area contributed by atoms with Crippen LogP contribution in [0.3, 0.4) is 0 Å². The van der Waals surface area contributed by atoms with Crippen LogP contribution >= 0.6 is 11.3 Å². The monoisotopic (exact) mass is 302 g/mol. The Morgan fingerprint density at radius 1 is 1.29 bits per heavy atom. The number of para-hydroxylation sites is 1. The number of fused-ring (bicyclic) bond motifs is 1. The number of benzene rings is 1. The molecule has 0 fully saturated rings. The van der Waals surface area contributed by atoms with Crippen LogP contribution in [-0.4, -0.2) is 6.61 Å². The molecular weight excluding hydrogens is 280 g/mol. The summed E-state index contributed by atoms with van der Waals surface area (Å²) in [7, 11) is 0. The molecule has 0 aliphatic carbocycles. The zero-order valence-electron chi connectivity index (χ0n) is 12.2. The fourth-order valence-electron chi connectivity index (χ4n) is 2.95. The molecule has 0 radical (unpaired) electrons. The molecular formula is C17H22N2OS. The Morgan fingerprint density at radius 2 is 2.24 bits per heavy atom. The van der Waals surface area contributed by atoms with Gasteiger partial charge in [-0.25, -0.2) is 0 Å². The van der Waals surface area contributed by atoms with E-state index in [1.54, 1.807) is 0 Å². The van der Waals surface area contributed by atoms with Crippen LogP contribution in [0.1, 0.15) is 41.3 Å². The van der Waals surface area contributed by atoms with Gasteiger partial charge in [-0.1, -0.05) is 24.3 Å². The molecule has 0 saturated heterocycles. The molecule has 1 aliphatic rings. The third kappa shape index (κ3) is 3.46. The molecule has 21 heavy (non-hydrogen) atoms. The van der Waals surface area contributed by atoms with E-state index < -0.39 is 0 Å². The van der Waals surface area contributed by atoms with Gasteiger partial charge >= 0.3 is 0 Å². The highest BCUT2D eigenvalue weighted by Crippen LogP contribution is 2.34. The van der Waals surface area contributed by atoms with E-state index in [0.29, 0.717) is 0 Å². The number of hydrogen-bond acceptors (Lipinski definition) is 4. The highest BCUT2D eigenvalue weighted by molar-refractivity contribution is 7.09. The highest BCUT2D eigenvalue weighted by Gasteiger charge is 2.20. The third-order valence-corrected chi connectivity index (χ3v) is 4.97. The Kier molecular flexibility index (Phi) is 4.91. The molecule has 0 saturated carbocycles. The van der Waals surface area contributed by atoms with Crippen LogP contribution in [0.4, 0.5) is 0 Å². The lowest BCUT2D eigenvalue weighted by Crippen LogP contribution is -2.29. The Bertz CT molecular complexity index is 568. The van der Waals surface area contributed by atoms with Crippen molar-refractivity contribution in [2.24, 2.45) is 5.84 Å². The van der Waals surface area contributed by atoms with Crippen LogP contribution in [0.5, 0.6) is 5.75 Å². The lowest BCUT2D eigenvalue weighted by molar-refractivity contribution is 0.280. The first kappa shape index (κ1) is 14.6. The second kappa shape index (κ2) is 7.07. The predicted molar refractivity (Wildman–Crippen MR) is 87.6 cm³/mol. The molecule has 1 aliphatic heterocycles. The summed E-state index contributed by atoms with van der Waals surface area (Å²) in [6.45, 7) is 0.816. The van der Waals surface area contributed by atoms with Gasteiger partial charge in [0.05, 0.1) is 6.61 Å². The first-order valence-electron chi connectivity index (χ1n) is 7.61. The van der Waals surface area contributed by atoms with Crippen molar-refractivity contribution in [2.45, 2.75) is 38.1 Å². The van der Waals surface area contributed by atoms with Crippen molar-refractivity contribution in [3.05, 3.63) is 51.7 Å². The number of thiophene rings is 1. The summed E-state index contributed by atoms with van der Waals surface area (Å²) in [6.07, 6.45) is 5.48. The van der Waals surface area contributed by atoms with Gasteiger partial charge in [-0.15, -0.1) is 11.3 Å². The van der Waals surface area contributed by atoms with Crippen molar-refractivity contribution in [2.75, 3.05) is 6.61 Å². The van der Waals surface area contributed by atoms with Gasteiger partial charge in [-0.2, -0.15) is 0 Å². The van der Waals surface area contributed by atoms with E-state index in [2.05, 4.69) is 41.1 Å². The van der Waals surface area contributed by atoms with Gasteiger partial charge in [-0.05, 0) is 49.1 Å². The Hall–Kier alpha value is -1.36. The van der Waals surface area contributed by atoms with Crippen molar-refractivity contribution in [3.63, 3.8) is 0 Å². The normalized spacial score (nSPS) is 15.3. The number of ether oxygens (including phenoxy) is 1. The molecule has 3 N–H and O–H groups in total. The molecule has 2 heterocycles. The fraction of sp³-hybridized carbons (Fsp3) is 0.412. The zero-order chi connectivity index (χ0) is 14.5. The average molecular weight is 302 g/mol. The van der Waals surface area contributed by atoms with Gasteiger partial charge < -0.3 is 4.74 Å². The minimum atomic E-state index is 0.165. The minimum absolute atomic E-state index is 0.165. The summed E-state index contributed by atoms with van der Waals surface area (Å²) in [5, 5.41) is 2.13. The molecule has 4 heteroatoms. The van der Waals surface area contributed by atoms with Crippen molar-refractivity contribution >= 4 is 11.3 Å². The SMILES string of the molecule is NNC(CCCc1cccs1)c1cccc2c1OCCC2. The van der Waals surface area contributed by atoms with Gasteiger partial charge in [0.25, 0.3) is 0 Å². The summed E-state index contributed by atoms with van der Waals surface area (Å²) in [5.74, 6) is 6.85. The average Bonchev–Trinajstić information content (AvgIpc) is 3.05. The molecule has 112 valence electrons. The van der Waals surface area contributed by atoms with Crippen LogP contribution < -0.4 is 16.0 Å². The van der Waals surface area contributed by atoms with Crippen LogP contribution in [0, 0.1) is 0 Å². The minimum Gasteiger partial charge on any atom is -0.493 e. The number of nitrogens with two attached hydrogens (primary N) is 1. The van der Waals surface area contributed by atoms with Crippen molar-refractivity contribution in [1.29, 1.82) is 0 Å². The van der Waals surface area contributed by atoms with E-state index >= 15 is 0 Å². The Balaban J connectivity index is 1.68. The number of hydrogen-bond donors (Lipinski definition) is 2. The maximum atomic E-state index is 5.90. The highest BCUT2D eigenvalue weighted by atomic mass is 32.1. The van der Waals surface area contributed by atoms with Gasteiger partial charge in [0.15, 0.2) is 0 Å². The first-order chi connectivity index (χ1) is 10.4. The lowest BCUT2D eigenvalue weighted by Gasteiger charge is -2.24. The van der Waals surface area contributed by atoms with Crippen LogP contribution in [0.2, 0.25) is 0 Å². The third-order valence-electron chi connectivity index (χ3n) is 4.04. The van der Waals surface area contributed by atoms with Gasteiger partial charge in [0.2, 0.25) is 0 Å². The quantitative estimate of drug-likeness (QED) is 0.633. The van der Waals surface area contributed by atoms with E-state index in [9.17, 15) is 0 Å². The summed E-state index contributed by atoms with van der Waals surface area (Å²) >= 11 is 1.82. The molecule has 0 bridgehead atoms. The molecule has 3 rings (SSSR count). The van der Waals surface area contributed by atoms with Crippen molar-refractivity contribution < 1.29 is 4.74 Å². The largest absolute Gasteiger partial charge is 0.493 e. The molecule has 1 aromatic heterocycles. The number of hydrazine groups is 1. The van der Waals surface area contributed by atoms with E-state index in [-0.39, 0.29) is 6.04 Å². The second-order valence-corrected chi connectivity index (χ2v) is 6.51. The van der Waals surface area contributed by atoms with Crippen LogP contribution in [0.25, 0.3) is 0 Å². The van der Waals surface area contributed by atoms with E-state index in [0.717, 1.165) is 44.5 Å². The van der Waals surface area contributed by atoms with Gasteiger partial charge in [-0.3, -0.25) is 11.3 Å². The Morgan fingerprint density at radius 3 is 3.05 bits per heavy atom. The zero-order valence-corrected chi connectivity index (χ0v) is 13.0. The predicted octanol–water partition coefficient (Wildman–Crippen LogP) is 3.60. The van der Waals surface area contributed by atoms with Gasteiger partial charge in [0, 0.05) is 16.5 Å². The molecule has 1 aromatic carbocycles. The number of rotatable bonds is 6. The maximum Gasteiger partial charge on any atom is 0.127 e. The molecule has 3 nitrogen and oxygen atoms in total. The molecule has 1 atom stereocenters. The summed E-state index contributed by atoms with van der Waals surface area (Å²) in [5.41, 5.74) is 5.50. The van der Waals surface area contributed by atoms with E-state index in [1.807, 2.05) is 11.3 Å². The topological polar surface area (TPSA) is 47.3 Å². The second-order valence-electron chi connectivity index (χ2n) is 5.48. The summed E-state index contributed by atoms with van der Waals surface area (Å²) in [4.78, 5) is 1.44. The van der Waals surface area contributed by atoms with E-state index in [4.69, 9.17) is 10.6 Å². The summed E-state index contributed by atoms with van der Waals surface area (Å²) in [6, 6.07) is 10.9. The molecule has 0 spiro atoms. The van der Waals surface area contributed by atoms with Crippen molar-refractivity contribution in [3.8, 4) is 5.75 Å². The maximum absolute atomic E-state index is 5.90. The molecule has 1 unspecified atom stereocenters. The Labute approximate surface area is 130 Å². The smallest absolute Gasteiger partial charge is 0.127 e. The van der Waals surface area contributed by atoms with Gasteiger partial charge in [0.1, 0.15) is 5.75 Å². The number of nitrogens with one attached hydrogen (secondary N) is 1. The van der Waals surface area contributed by atoms with E-state index in [1.165, 1.54) is 16.0 Å². The lowest BCUT2D eigenvalue weighted by atomic mass is 9.95. The summed E-state index contributed by atoms with van der Waals surface area (Å²) < 4.78 is 5.90.